The molecule has 0 aliphatic rings. The van der Waals surface area contributed by atoms with Crippen LogP contribution in [0.4, 0.5) is 0 Å². The maximum atomic E-state index is 4.31. The topological polar surface area (TPSA) is 28.7 Å². The first kappa shape index (κ1) is 8.30. The number of benzene rings is 1. The zero-order valence-corrected chi connectivity index (χ0v) is 8.26. The van der Waals surface area contributed by atoms with Crippen molar-refractivity contribution >= 4 is 10.9 Å². The summed E-state index contributed by atoms with van der Waals surface area (Å²) in [6, 6.07) is 6.35. The van der Waals surface area contributed by atoms with Gasteiger partial charge < -0.3 is 0 Å². The number of hydrogen-bond acceptors (Lipinski definition) is 1. The van der Waals surface area contributed by atoms with Crippen molar-refractivity contribution in [3.05, 3.63) is 29.5 Å². The van der Waals surface area contributed by atoms with E-state index in [-0.39, 0.29) is 0 Å². The van der Waals surface area contributed by atoms with Gasteiger partial charge in [0, 0.05) is 11.1 Å². The Morgan fingerprint density at radius 2 is 2.08 bits per heavy atom. The molecule has 1 aromatic carbocycles. The highest BCUT2D eigenvalue weighted by molar-refractivity contribution is 5.84. The molecule has 0 radical (unpaired) electrons. The number of hydrogen-bond donors (Lipinski definition) is 1. The lowest BCUT2D eigenvalue weighted by Crippen LogP contribution is -1.88. The lowest BCUT2D eigenvalue weighted by Gasteiger charge is -2.04. The molecule has 0 spiro atoms. The summed E-state index contributed by atoms with van der Waals surface area (Å²) in [5, 5.41) is 8.58. The lowest BCUT2D eigenvalue weighted by molar-refractivity contribution is 0.871. The quantitative estimate of drug-likeness (QED) is 0.707. The molecule has 2 heteroatoms. The number of para-hydroxylation sites is 1. The molecule has 0 saturated carbocycles. The van der Waals surface area contributed by atoms with Gasteiger partial charge in [-0.2, -0.15) is 5.10 Å². The van der Waals surface area contributed by atoms with Crippen LogP contribution in [0.15, 0.2) is 18.2 Å². The number of nitrogens with zero attached hydrogens (tertiary/aromatic N) is 1. The van der Waals surface area contributed by atoms with Crippen LogP contribution >= 0.6 is 0 Å². The highest BCUT2D eigenvalue weighted by Gasteiger charge is 2.08. The third kappa shape index (κ3) is 1.22. The average Bonchev–Trinajstić information content (AvgIpc) is 2.48. The molecule has 68 valence electrons. The van der Waals surface area contributed by atoms with Gasteiger partial charge in [0.2, 0.25) is 0 Å². The maximum Gasteiger partial charge on any atom is 0.0958 e. The first-order chi connectivity index (χ1) is 6.20. The van der Waals surface area contributed by atoms with Gasteiger partial charge in [-0.3, -0.25) is 5.10 Å². The van der Waals surface area contributed by atoms with E-state index < -0.39 is 0 Å². The third-order valence-electron chi connectivity index (χ3n) is 2.43. The normalized spacial score (nSPS) is 11.4. The average molecular weight is 174 g/mol. The highest BCUT2D eigenvalue weighted by atomic mass is 15.1. The predicted molar refractivity (Wildman–Crippen MR) is 54.9 cm³/mol. The molecule has 0 atom stereocenters. The van der Waals surface area contributed by atoms with Crippen LogP contribution in [0.25, 0.3) is 10.9 Å². The zero-order valence-electron chi connectivity index (χ0n) is 8.26. The summed E-state index contributed by atoms with van der Waals surface area (Å²) in [5.74, 6) is 0.534. The summed E-state index contributed by atoms with van der Waals surface area (Å²) in [6.45, 7) is 6.44. The van der Waals surface area contributed by atoms with Crippen molar-refractivity contribution in [1.82, 2.24) is 10.2 Å². The molecule has 2 aromatic rings. The minimum atomic E-state index is 0.534. The van der Waals surface area contributed by atoms with Crippen LogP contribution in [-0.2, 0) is 0 Å². The Morgan fingerprint density at radius 1 is 1.31 bits per heavy atom. The van der Waals surface area contributed by atoms with Gasteiger partial charge in [-0.25, -0.2) is 0 Å². The van der Waals surface area contributed by atoms with Crippen LogP contribution in [0.2, 0.25) is 0 Å². The van der Waals surface area contributed by atoms with Gasteiger partial charge in [-0.05, 0) is 18.4 Å². The summed E-state index contributed by atoms with van der Waals surface area (Å²) < 4.78 is 0. The van der Waals surface area contributed by atoms with Crippen molar-refractivity contribution in [2.75, 3.05) is 0 Å². The first-order valence-electron chi connectivity index (χ1n) is 4.63. The largest absolute Gasteiger partial charge is 0.282 e. The molecule has 0 saturated heterocycles. The minimum absolute atomic E-state index is 0.534. The molecule has 2 rings (SSSR count). The summed E-state index contributed by atoms with van der Waals surface area (Å²) in [6.07, 6.45) is 0. The molecular weight excluding hydrogens is 160 g/mol. The van der Waals surface area contributed by atoms with Crippen LogP contribution < -0.4 is 0 Å². The van der Waals surface area contributed by atoms with Gasteiger partial charge >= 0.3 is 0 Å². The fourth-order valence-electron chi connectivity index (χ4n) is 1.65. The standard InChI is InChI=1S/C11H14N2/c1-7(2)9-5-4-6-10-8(3)12-13-11(9)10/h4-7H,1-3H3,(H,12,13). The number of aromatic nitrogens is 2. The molecule has 1 heterocycles. The molecule has 1 aromatic heterocycles. The van der Waals surface area contributed by atoms with Crippen LogP contribution in [0, 0.1) is 6.92 Å². The Morgan fingerprint density at radius 3 is 2.77 bits per heavy atom. The zero-order chi connectivity index (χ0) is 9.42. The van der Waals surface area contributed by atoms with Crippen molar-refractivity contribution < 1.29 is 0 Å². The van der Waals surface area contributed by atoms with Gasteiger partial charge in [-0.1, -0.05) is 32.0 Å². The van der Waals surface area contributed by atoms with E-state index >= 15 is 0 Å². The van der Waals surface area contributed by atoms with Crippen LogP contribution in [-0.4, -0.2) is 10.2 Å². The monoisotopic (exact) mass is 174 g/mol. The second kappa shape index (κ2) is 2.87. The van der Waals surface area contributed by atoms with E-state index in [0.717, 1.165) is 11.2 Å². The van der Waals surface area contributed by atoms with E-state index in [1.54, 1.807) is 0 Å². The van der Waals surface area contributed by atoms with Gasteiger partial charge in [0.1, 0.15) is 0 Å². The number of aromatic amines is 1. The van der Waals surface area contributed by atoms with E-state index in [4.69, 9.17) is 0 Å². The molecule has 0 amide bonds. The van der Waals surface area contributed by atoms with Gasteiger partial charge in [0.05, 0.1) is 5.52 Å². The van der Waals surface area contributed by atoms with E-state index in [1.807, 2.05) is 0 Å². The van der Waals surface area contributed by atoms with E-state index in [1.165, 1.54) is 10.9 Å². The SMILES string of the molecule is Cc1[nH]nc2c(C(C)C)cccc12. The molecule has 0 aliphatic heterocycles. The highest BCUT2D eigenvalue weighted by Crippen LogP contribution is 2.24. The number of nitrogens with one attached hydrogen (secondary N) is 1. The number of rotatable bonds is 1. The molecule has 13 heavy (non-hydrogen) atoms. The number of aryl methyl sites for hydroxylation is 1. The molecule has 0 aliphatic carbocycles. The van der Waals surface area contributed by atoms with E-state index in [0.29, 0.717) is 5.92 Å². The van der Waals surface area contributed by atoms with E-state index in [2.05, 4.69) is 49.2 Å². The van der Waals surface area contributed by atoms with Gasteiger partial charge in [0.15, 0.2) is 0 Å². The Kier molecular flexibility index (Phi) is 1.83. The maximum absolute atomic E-state index is 4.31. The smallest absolute Gasteiger partial charge is 0.0958 e. The van der Waals surface area contributed by atoms with Crippen LogP contribution in [0.5, 0.6) is 0 Å². The van der Waals surface area contributed by atoms with Crippen molar-refractivity contribution in [1.29, 1.82) is 0 Å². The second-order valence-electron chi connectivity index (χ2n) is 3.75. The Balaban J connectivity index is 2.77. The van der Waals surface area contributed by atoms with Crippen molar-refractivity contribution in [2.45, 2.75) is 26.7 Å². The molecule has 0 fully saturated rings. The fourth-order valence-corrected chi connectivity index (χ4v) is 1.65. The number of fused-ring (bicyclic) bond motifs is 1. The third-order valence-corrected chi connectivity index (χ3v) is 2.43. The van der Waals surface area contributed by atoms with E-state index in [9.17, 15) is 0 Å². The molecule has 0 unspecified atom stereocenters. The second-order valence-corrected chi connectivity index (χ2v) is 3.75. The molecule has 1 N–H and O–H groups in total. The molecular formula is C11H14N2. The Hall–Kier alpha value is -1.31. The fraction of sp³-hybridized carbons (Fsp3) is 0.364. The lowest BCUT2D eigenvalue weighted by atomic mass is 10.0. The van der Waals surface area contributed by atoms with Crippen LogP contribution in [0.1, 0.15) is 31.0 Å². The number of H-pyrrole nitrogens is 1. The van der Waals surface area contributed by atoms with Crippen molar-refractivity contribution in [2.24, 2.45) is 0 Å². The van der Waals surface area contributed by atoms with Crippen LogP contribution in [0.3, 0.4) is 0 Å². The van der Waals surface area contributed by atoms with Crippen molar-refractivity contribution in [3.63, 3.8) is 0 Å². The summed E-state index contributed by atoms with van der Waals surface area (Å²) in [7, 11) is 0. The summed E-state index contributed by atoms with van der Waals surface area (Å²) >= 11 is 0. The van der Waals surface area contributed by atoms with Crippen molar-refractivity contribution in [3.8, 4) is 0 Å². The Labute approximate surface area is 78.0 Å². The molecule has 2 nitrogen and oxygen atoms in total. The van der Waals surface area contributed by atoms with Gasteiger partial charge in [-0.15, -0.1) is 0 Å². The minimum Gasteiger partial charge on any atom is -0.282 e. The Bertz CT molecular complexity index is 427. The summed E-state index contributed by atoms with van der Waals surface area (Å²) in [5.41, 5.74) is 3.59. The summed E-state index contributed by atoms with van der Waals surface area (Å²) in [4.78, 5) is 0. The molecule has 0 bridgehead atoms. The van der Waals surface area contributed by atoms with Gasteiger partial charge in [0.25, 0.3) is 0 Å². The predicted octanol–water partition coefficient (Wildman–Crippen LogP) is 2.99. The first-order valence-corrected chi connectivity index (χ1v) is 4.63.